The summed E-state index contributed by atoms with van der Waals surface area (Å²) in [4.78, 5) is 18.5. The van der Waals surface area contributed by atoms with Crippen molar-refractivity contribution in [2.24, 2.45) is 7.05 Å². The standard InChI is InChI=1S/C19H25N7O/c1-13(27)26-9-8-17-15(12-26)19(25(4)24(17)3)22-18-7-5-6-16(21-18)14-10-20-23(2)11-14/h5-7,10-11,19H,8-9,12H2,1-4H3,(H,21,22). The second-order valence-corrected chi connectivity index (χ2v) is 7.12. The zero-order chi connectivity index (χ0) is 19.1. The van der Waals surface area contributed by atoms with E-state index in [2.05, 4.69) is 34.5 Å². The summed E-state index contributed by atoms with van der Waals surface area (Å²) in [5, 5.41) is 12.1. The molecule has 8 heteroatoms. The monoisotopic (exact) mass is 367 g/mol. The van der Waals surface area contributed by atoms with Gasteiger partial charge in [0.15, 0.2) is 0 Å². The number of likely N-dealkylation sites (N-methyl/N-ethyl adjacent to an activating group) is 1. The van der Waals surface area contributed by atoms with Gasteiger partial charge in [0.2, 0.25) is 5.91 Å². The molecule has 0 bridgehead atoms. The Morgan fingerprint density at radius 2 is 2.07 bits per heavy atom. The molecule has 2 aliphatic heterocycles. The highest BCUT2D eigenvalue weighted by molar-refractivity contribution is 5.74. The Hall–Kier alpha value is -2.87. The van der Waals surface area contributed by atoms with Crippen molar-refractivity contribution in [2.45, 2.75) is 19.5 Å². The lowest BCUT2D eigenvalue weighted by molar-refractivity contribution is -0.128. The molecule has 4 heterocycles. The van der Waals surface area contributed by atoms with Crippen molar-refractivity contribution >= 4 is 11.7 Å². The van der Waals surface area contributed by atoms with Crippen molar-refractivity contribution in [2.75, 3.05) is 32.5 Å². The van der Waals surface area contributed by atoms with E-state index >= 15 is 0 Å². The number of hydrazine groups is 1. The van der Waals surface area contributed by atoms with Crippen LogP contribution in [0.15, 0.2) is 41.9 Å². The summed E-state index contributed by atoms with van der Waals surface area (Å²) in [6, 6.07) is 5.95. The molecule has 0 saturated carbocycles. The number of aromatic nitrogens is 3. The van der Waals surface area contributed by atoms with Crippen LogP contribution < -0.4 is 5.32 Å². The fraction of sp³-hybridized carbons (Fsp3) is 0.421. The summed E-state index contributed by atoms with van der Waals surface area (Å²) in [6.45, 7) is 3.06. The zero-order valence-electron chi connectivity index (χ0n) is 16.2. The Balaban J connectivity index is 1.60. The summed E-state index contributed by atoms with van der Waals surface area (Å²) in [7, 11) is 6.02. The van der Waals surface area contributed by atoms with Crippen molar-refractivity contribution in [3.05, 3.63) is 41.9 Å². The van der Waals surface area contributed by atoms with Gasteiger partial charge in [-0.05, 0) is 12.1 Å². The lowest BCUT2D eigenvalue weighted by Crippen LogP contribution is -2.43. The summed E-state index contributed by atoms with van der Waals surface area (Å²) in [5.41, 5.74) is 4.38. The normalized spacial score (nSPS) is 20.2. The highest BCUT2D eigenvalue weighted by atomic mass is 16.2. The van der Waals surface area contributed by atoms with Crippen LogP contribution in [0.2, 0.25) is 0 Å². The molecule has 0 fully saturated rings. The molecule has 1 N–H and O–H groups in total. The molecule has 2 aliphatic rings. The molecule has 1 amide bonds. The lowest BCUT2D eigenvalue weighted by Gasteiger charge is -2.29. The van der Waals surface area contributed by atoms with Crippen molar-refractivity contribution < 1.29 is 4.79 Å². The second-order valence-electron chi connectivity index (χ2n) is 7.12. The van der Waals surface area contributed by atoms with E-state index < -0.39 is 0 Å². The number of hydrogen-bond acceptors (Lipinski definition) is 6. The third-order valence-electron chi connectivity index (χ3n) is 5.40. The molecule has 2 aromatic heterocycles. The maximum absolute atomic E-state index is 11.9. The first-order chi connectivity index (χ1) is 12.9. The van der Waals surface area contributed by atoms with Crippen LogP contribution in [-0.2, 0) is 11.8 Å². The van der Waals surface area contributed by atoms with E-state index in [1.165, 1.54) is 11.3 Å². The average molecular weight is 367 g/mol. The molecule has 4 rings (SSSR count). The van der Waals surface area contributed by atoms with Gasteiger partial charge in [0.25, 0.3) is 0 Å². The maximum Gasteiger partial charge on any atom is 0.219 e. The Kier molecular flexibility index (Phi) is 4.35. The number of rotatable bonds is 3. The Morgan fingerprint density at radius 1 is 1.26 bits per heavy atom. The van der Waals surface area contributed by atoms with Crippen LogP contribution in [0, 0.1) is 0 Å². The molecular formula is C19H25N7O. The minimum Gasteiger partial charge on any atom is -0.349 e. The van der Waals surface area contributed by atoms with Gasteiger partial charge in [-0.2, -0.15) is 10.1 Å². The van der Waals surface area contributed by atoms with Crippen LogP contribution in [0.1, 0.15) is 13.3 Å². The van der Waals surface area contributed by atoms with Crippen molar-refractivity contribution in [1.29, 1.82) is 0 Å². The van der Waals surface area contributed by atoms with Crippen LogP contribution >= 0.6 is 0 Å². The van der Waals surface area contributed by atoms with E-state index in [0.29, 0.717) is 6.54 Å². The number of carbonyl (C=O) groups is 1. The number of amides is 1. The molecule has 2 aromatic rings. The Morgan fingerprint density at radius 3 is 2.78 bits per heavy atom. The number of nitrogens with one attached hydrogen (secondary N) is 1. The molecule has 27 heavy (non-hydrogen) atoms. The third kappa shape index (κ3) is 3.16. The topological polar surface area (TPSA) is 69.5 Å². The highest BCUT2D eigenvalue weighted by Gasteiger charge is 2.38. The number of pyridine rings is 1. The molecule has 0 radical (unpaired) electrons. The van der Waals surface area contributed by atoms with Crippen LogP contribution in [0.4, 0.5) is 5.82 Å². The number of carbonyl (C=O) groups excluding carboxylic acids is 1. The lowest BCUT2D eigenvalue weighted by atomic mass is 10.0. The molecular weight excluding hydrogens is 342 g/mol. The summed E-state index contributed by atoms with van der Waals surface area (Å²) in [6.07, 6.45) is 4.61. The van der Waals surface area contributed by atoms with Crippen LogP contribution in [0.5, 0.6) is 0 Å². The minimum absolute atomic E-state index is 0.0243. The van der Waals surface area contributed by atoms with Crippen molar-refractivity contribution in [1.82, 2.24) is 29.7 Å². The van der Waals surface area contributed by atoms with Crippen LogP contribution in [0.3, 0.4) is 0 Å². The number of aryl methyl sites for hydroxylation is 1. The SMILES string of the molecule is CC(=O)N1CCC2=C(C1)C(Nc1cccc(-c3cnn(C)c3)n1)N(C)N2C. The van der Waals surface area contributed by atoms with Crippen molar-refractivity contribution in [3.63, 3.8) is 0 Å². The van der Waals surface area contributed by atoms with Gasteiger partial charge in [0.05, 0.1) is 11.9 Å². The molecule has 0 aromatic carbocycles. The van der Waals surface area contributed by atoms with E-state index in [0.717, 1.165) is 30.0 Å². The molecule has 8 nitrogen and oxygen atoms in total. The first-order valence-corrected chi connectivity index (χ1v) is 9.10. The summed E-state index contributed by atoms with van der Waals surface area (Å²) < 4.78 is 1.77. The molecule has 142 valence electrons. The molecule has 1 atom stereocenters. The molecule has 0 spiro atoms. The summed E-state index contributed by atoms with van der Waals surface area (Å²) in [5.74, 6) is 0.921. The average Bonchev–Trinajstić information content (AvgIpc) is 3.19. The Bertz CT molecular complexity index is 903. The fourth-order valence-corrected chi connectivity index (χ4v) is 3.80. The largest absolute Gasteiger partial charge is 0.349 e. The minimum atomic E-state index is -0.0243. The van der Waals surface area contributed by atoms with Gasteiger partial charge in [-0.15, -0.1) is 0 Å². The predicted octanol–water partition coefficient (Wildman–Crippen LogP) is 1.52. The van der Waals surface area contributed by atoms with Gasteiger partial charge in [0.1, 0.15) is 12.0 Å². The van der Waals surface area contributed by atoms with Gasteiger partial charge < -0.3 is 15.2 Å². The quantitative estimate of drug-likeness (QED) is 0.887. The molecule has 1 unspecified atom stereocenters. The van der Waals surface area contributed by atoms with Gasteiger partial charge in [-0.1, -0.05) is 6.07 Å². The smallest absolute Gasteiger partial charge is 0.219 e. The third-order valence-corrected chi connectivity index (χ3v) is 5.40. The van der Waals surface area contributed by atoms with Gasteiger partial charge >= 0.3 is 0 Å². The number of hydrogen-bond donors (Lipinski definition) is 1. The highest BCUT2D eigenvalue weighted by Crippen LogP contribution is 2.33. The van der Waals surface area contributed by atoms with Gasteiger partial charge in [0, 0.05) is 70.6 Å². The first-order valence-electron chi connectivity index (χ1n) is 9.10. The van der Waals surface area contributed by atoms with E-state index in [4.69, 9.17) is 4.98 Å². The van der Waals surface area contributed by atoms with Gasteiger partial charge in [-0.3, -0.25) is 9.48 Å². The zero-order valence-corrected chi connectivity index (χ0v) is 16.2. The second kappa shape index (κ2) is 6.70. The van der Waals surface area contributed by atoms with Crippen LogP contribution in [0.25, 0.3) is 11.3 Å². The maximum atomic E-state index is 11.9. The Labute approximate surface area is 159 Å². The summed E-state index contributed by atoms with van der Waals surface area (Å²) >= 11 is 0. The fourth-order valence-electron chi connectivity index (χ4n) is 3.80. The first kappa shape index (κ1) is 17.5. The number of anilines is 1. The molecule has 0 aliphatic carbocycles. The van der Waals surface area contributed by atoms with Gasteiger partial charge in [-0.25, -0.2) is 4.98 Å². The van der Waals surface area contributed by atoms with Crippen molar-refractivity contribution in [3.8, 4) is 11.3 Å². The van der Waals surface area contributed by atoms with E-state index in [1.54, 1.807) is 11.6 Å². The molecule has 0 saturated heterocycles. The van der Waals surface area contributed by atoms with Crippen LogP contribution in [-0.4, -0.2) is 68.9 Å². The van der Waals surface area contributed by atoms with E-state index in [-0.39, 0.29) is 12.1 Å². The number of nitrogens with zero attached hydrogens (tertiary/aromatic N) is 6. The van der Waals surface area contributed by atoms with E-state index in [1.807, 2.05) is 42.5 Å². The predicted molar refractivity (Wildman–Crippen MR) is 103 cm³/mol. The van der Waals surface area contributed by atoms with E-state index in [9.17, 15) is 4.79 Å².